The summed E-state index contributed by atoms with van der Waals surface area (Å²) < 4.78 is 5.35. The maximum absolute atomic E-state index is 5.87. The van der Waals surface area contributed by atoms with E-state index in [0.29, 0.717) is 22.4 Å². The highest BCUT2D eigenvalue weighted by Gasteiger charge is 2.22. The molecule has 3 aromatic rings. The van der Waals surface area contributed by atoms with Gasteiger partial charge in [0.25, 0.3) is 0 Å². The van der Waals surface area contributed by atoms with Crippen LogP contribution < -0.4 is 5.32 Å². The Hall–Kier alpha value is -2.68. The molecule has 1 N–H and O–H groups in total. The Labute approximate surface area is 150 Å². The van der Waals surface area contributed by atoms with E-state index < -0.39 is 0 Å². The standard InChI is InChI=1S/C19H15ClN4O/c20-15-8-5-13(6-9-15)3-4-14-7-10-16(22-12-14)18-23-19(25-24-18)17-2-1-11-21-17/h5-10,12,17,21H,1-2,11H2. The minimum Gasteiger partial charge on any atom is -0.337 e. The van der Waals surface area contributed by atoms with Gasteiger partial charge in [0.2, 0.25) is 11.7 Å². The van der Waals surface area contributed by atoms with Crippen molar-refractivity contribution in [1.82, 2.24) is 20.4 Å². The van der Waals surface area contributed by atoms with Crippen molar-refractivity contribution in [1.29, 1.82) is 0 Å². The molecule has 1 atom stereocenters. The molecule has 0 amide bonds. The molecule has 2 aromatic heterocycles. The lowest BCUT2D eigenvalue weighted by molar-refractivity contribution is 0.345. The average Bonchev–Trinajstić information content (AvgIpc) is 3.33. The first-order chi connectivity index (χ1) is 12.3. The fourth-order valence-electron chi connectivity index (χ4n) is 2.65. The van der Waals surface area contributed by atoms with E-state index in [1.807, 2.05) is 36.4 Å². The van der Waals surface area contributed by atoms with Gasteiger partial charge >= 0.3 is 0 Å². The van der Waals surface area contributed by atoms with Crippen molar-refractivity contribution >= 4 is 11.6 Å². The van der Waals surface area contributed by atoms with Crippen LogP contribution in [0.5, 0.6) is 0 Å². The van der Waals surface area contributed by atoms with Gasteiger partial charge in [-0.2, -0.15) is 4.98 Å². The fraction of sp³-hybridized carbons (Fsp3) is 0.211. The molecule has 0 saturated carbocycles. The summed E-state index contributed by atoms with van der Waals surface area (Å²) in [6.45, 7) is 0.988. The minimum atomic E-state index is 0.158. The van der Waals surface area contributed by atoms with Gasteiger partial charge in [0, 0.05) is 22.3 Å². The quantitative estimate of drug-likeness (QED) is 0.715. The van der Waals surface area contributed by atoms with Crippen molar-refractivity contribution in [3.8, 4) is 23.4 Å². The summed E-state index contributed by atoms with van der Waals surface area (Å²) in [6.07, 6.45) is 3.86. The third kappa shape index (κ3) is 3.71. The van der Waals surface area contributed by atoms with Crippen molar-refractivity contribution in [2.45, 2.75) is 18.9 Å². The van der Waals surface area contributed by atoms with E-state index in [1.54, 1.807) is 6.20 Å². The monoisotopic (exact) mass is 350 g/mol. The lowest BCUT2D eigenvalue weighted by Gasteiger charge is -2.01. The van der Waals surface area contributed by atoms with E-state index in [0.717, 1.165) is 30.5 Å². The average molecular weight is 351 g/mol. The second-order valence-corrected chi connectivity index (χ2v) is 6.23. The molecule has 0 radical (unpaired) electrons. The SMILES string of the molecule is Clc1ccc(C#Cc2ccc(-c3noc(C4CCCN4)n3)nc2)cc1. The van der Waals surface area contributed by atoms with E-state index >= 15 is 0 Å². The summed E-state index contributed by atoms with van der Waals surface area (Å²) in [4.78, 5) is 8.83. The van der Waals surface area contributed by atoms with Crippen molar-refractivity contribution < 1.29 is 4.52 Å². The van der Waals surface area contributed by atoms with Crippen LogP contribution in [0, 0.1) is 11.8 Å². The first-order valence-electron chi connectivity index (χ1n) is 8.09. The molecule has 1 aliphatic heterocycles. The van der Waals surface area contributed by atoms with E-state index in [4.69, 9.17) is 16.1 Å². The lowest BCUT2D eigenvalue weighted by atomic mass is 10.2. The summed E-state index contributed by atoms with van der Waals surface area (Å²) in [6, 6.07) is 11.3. The molecule has 6 heteroatoms. The topological polar surface area (TPSA) is 63.8 Å². The molecule has 5 nitrogen and oxygen atoms in total. The maximum Gasteiger partial charge on any atom is 0.244 e. The van der Waals surface area contributed by atoms with Gasteiger partial charge in [-0.3, -0.25) is 4.98 Å². The van der Waals surface area contributed by atoms with Crippen LogP contribution in [0.15, 0.2) is 47.1 Å². The number of nitrogens with one attached hydrogen (secondary N) is 1. The summed E-state index contributed by atoms with van der Waals surface area (Å²) in [5.41, 5.74) is 2.39. The number of hydrogen-bond acceptors (Lipinski definition) is 5. The number of halogens is 1. The van der Waals surface area contributed by atoms with Crippen LogP contribution in [0.2, 0.25) is 5.02 Å². The largest absolute Gasteiger partial charge is 0.337 e. The Morgan fingerprint density at radius 1 is 1.08 bits per heavy atom. The summed E-state index contributed by atoms with van der Waals surface area (Å²) >= 11 is 5.87. The predicted molar refractivity (Wildman–Crippen MR) is 94.9 cm³/mol. The normalized spacial score (nSPS) is 16.4. The molecule has 124 valence electrons. The molecular formula is C19H15ClN4O. The third-order valence-electron chi connectivity index (χ3n) is 3.99. The number of aromatic nitrogens is 3. The highest BCUT2D eigenvalue weighted by molar-refractivity contribution is 6.30. The van der Waals surface area contributed by atoms with Crippen LogP contribution >= 0.6 is 11.6 Å². The molecule has 25 heavy (non-hydrogen) atoms. The zero-order valence-electron chi connectivity index (χ0n) is 13.4. The highest BCUT2D eigenvalue weighted by Crippen LogP contribution is 2.23. The van der Waals surface area contributed by atoms with Gasteiger partial charge in [-0.15, -0.1) is 0 Å². The second kappa shape index (κ2) is 7.06. The van der Waals surface area contributed by atoms with Crippen molar-refractivity contribution in [3.63, 3.8) is 0 Å². The highest BCUT2D eigenvalue weighted by atomic mass is 35.5. The number of pyridine rings is 1. The Morgan fingerprint density at radius 3 is 2.60 bits per heavy atom. The number of rotatable bonds is 2. The van der Waals surface area contributed by atoms with Crippen molar-refractivity contribution in [2.24, 2.45) is 0 Å². The molecule has 0 bridgehead atoms. The molecule has 1 unspecified atom stereocenters. The number of benzene rings is 1. The van der Waals surface area contributed by atoms with E-state index in [-0.39, 0.29) is 6.04 Å². The summed E-state index contributed by atoms with van der Waals surface area (Å²) in [5, 5.41) is 8.06. The Bertz CT molecular complexity index is 917. The Morgan fingerprint density at radius 2 is 1.88 bits per heavy atom. The first-order valence-corrected chi connectivity index (χ1v) is 8.47. The zero-order valence-corrected chi connectivity index (χ0v) is 14.1. The molecule has 1 aromatic carbocycles. The molecule has 3 heterocycles. The van der Waals surface area contributed by atoms with Gasteiger partial charge in [0.1, 0.15) is 5.69 Å². The molecule has 0 spiro atoms. The van der Waals surface area contributed by atoms with Crippen LogP contribution in [-0.4, -0.2) is 21.7 Å². The Kier molecular flexibility index (Phi) is 4.47. The molecule has 1 saturated heterocycles. The zero-order chi connectivity index (χ0) is 17.1. The first kappa shape index (κ1) is 15.8. The second-order valence-electron chi connectivity index (χ2n) is 5.79. The maximum atomic E-state index is 5.87. The van der Waals surface area contributed by atoms with Crippen molar-refractivity contribution in [3.05, 3.63) is 64.6 Å². The molecule has 1 fully saturated rings. The predicted octanol–water partition coefficient (Wildman–Crippen LogP) is 3.61. The minimum absolute atomic E-state index is 0.158. The van der Waals surface area contributed by atoms with Crippen LogP contribution in [0.25, 0.3) is 11.5 Å². The smallest absolute Gasteiger partial charge is 0.244 e. The van der Waals surface area contributed by atoms with Gasteiger partial charge in [0.15, 0.2) is 0 Å². The van der Waals surface area contributed by atoms with E-state index in [9.17, 15) is 0 Å². The molecule has 4 rings (SSSR count). The van der Waals surface area contributed by atoms with Gasteiger partial charge in [-0.25, -0.2) is 0 Å². The van der Waals surface area contributed by atoms with Crippen LogP contribution in [0.1, 0.15) is 35.9 Å². The Balaban J connectivity index is 1.49. The molecule has 1 aliphatic rings. The molecule has 0 aliphatic carbocycles. The van der Waals surface area contributed by atoms with Crippen LogP contribution in [0.3, 0.4) is 0 Å². The van der Waals surface area contributed by atoms with Gasteiger partial charge in [-0.1, -0.05) is 28.6 Å². The van der Waals surface area contributed by atoms with E-state index in [1.165, 1.54) is 0 Å². The lowest BCUT2D eigenvalue weighted by Crippen LogP contribution is -2.12. The fourth-order valence-corrected chi connectivity index (χ4v) is 2.78. The van der Waals surface area contributed by atoms with Crippen LogP contribution in [-0.2, 0) is 0 Å². The van der Waals surface area contributed by atoms with Crippen LogP contribution in [0.4, 0.5) is 0 Å². The number of nitrogens with zero attached hydrogens (tertiary/aromatic N) is 3. The van der Waals surface area contributed by atoms with Gasteiger partial charge in [0.05, 0.1) is 6.04 Å². The molecular weight excluding hydrogens is 336 g/mol. The van der Waals surface area contributed by atoms with E-state index in [2.05, 4.69) is 32.3 Å². The summed E-state index contributed by atoms with van der Waals surface area (Å²) in [5.74, 6) is 7.29. The number of hydrogen-bond donors (Lipinski definition) is 1. The third-order valence-corrected chi connectivity index (χ3v) is 4.24. The van der Waals surface area contributed by atoms with Gasteiger partial charge < -0.3 is 9.84 Å². The van der Waals surface area contributed by atoms with Crippen molar-refractivity contribution in [2.75, 3.05) is 6.54 Å². The summed E-state index contributed by atoms with van der Waals surface area (Å²) in [7, 11) is 0. The van der Waals surface area contributed by atoms with Gasteiger partial charge in [-0.05, 0) is 55.8 Å².